The fraction of sp³-hybridized carbons (Fsp3) is 0.727. The third-order valence-electron chi connectivity index (χ3n) is 2.80. The normalized spacial score (nSPS) is 17.9. The molecule has 0 saturated carbocycles. The average Bonchev–Trinajstić information content (AvgIpc) is 2.49. The summed E-state index contributed by atoms with van der Waals surface area (Å²) >= 11 is 0. The first-order valence-corrected chi connectivity index (χ1v) is 6.16. The van der Waals surface area contributed by atoms with Crippen molar-refractivity contribution in [3.8, 4) is 0 Å². The predicted octanol–water partition coefficient (Wildman–Crippen LogP) is -5.06. The quantitative estimate of drug-likeness (QED) is 0.179. The van der Waals surface area contributed by atoms with Crippen LogP contribution in [-0.4, -0.2) is 97.1 Å². The topological polar surface area (TPSA) is 205 Å². The van der Waals surface area contributed by atoms with E-state index in [-0.39, 0.29) is 0 Å². The van der Waals surface area contributed by atoms with E-state index in [1.807, 2.05) is 0 Å². The number of ketones is 1. The number of hydrogen-bond donors (Lipinski definition) is 8. The highest BCUT2D eigenvalue weighted by molar-refractivity contribution is 6.35. The number of carboxylic acids is 1. The molecule has 22 heavy (non-hydrogen) atoms. The van der Waals surface area contributed by atoms with Crippen molar-refractivity contribution in [3.05, 3.63) is 0 Å². The van der Waals surface area contributed by atoms with E-state index in [0.29, 0.717) is 0 Å². The fourth-order valence-electron chi connectivity index (χ4n) is 1.58. The van der Waals surface area contributed by atoms with Gasteiger partial charge >= 0.3 is 5.97 Å². The minimum absolute atomic E-state index is 0.784. The van der Waals surface area contributed by atoms with Crippen molar-refractivity contribution in [2.24, 2.45) is 0 Å². The van der Waals surface area contributed by atoms with E-state index in [1.165, 1.54) is 0 Å². The van der Waals surface area contributed by atoms with E-state index in [1.54, 1.807) is 5.32 Å². The fourth-order valence-corrected chi connectivity index (χ4v) is 1.58. The highest BCUT2D eigenvalue weighted by Gasteiger charge is 2.36. The Hall–Kier alpha value is -1.63. The van der Waals surface area contributed by atoms with Crippen molar-refractivity contribution in [2.75, 3.05) is 13.2 Å². The number of hydrogen-bond acceptors (Lipinski definition) is 9. The number of carbonyl (C=O) groups is 3. The monoisotopic (exact) mass is 325 g/mol. The Morgan fingerprint density at radius 2 is 1.45 bits per heavy atom. The van der Waals surface area contributed by atoms with Crippen molar-refractivity contribution in [1.82, 2.24) is 5.32 Å². The smallest absolute Gasteiger partial charge is 0.374 e. The second-order valence-electron chi connectivity index (χ2n) is 4.48. The van der Waals surface area contributed by atoms with Crippen LogP contribution in [-0.2, 0) is 14.4 Å². The van der Waals surface area contributed by atoms with Crippen molar-refractivity contribution in [2.45, 2.75) is 36.9 Å². The number of aliphatic hydroxyl groups is 6. The molecular weight excluding hydrogens is 306 g/mol. The van der Waals surface area contributed by atoms with Gasteiger partial charge in [-0.25, -0.2) is 4.79 Å². The molecule has 1 amide bonds. The lowest BCUT2D eigenvalue weighted by Crippen LogP contribution is -2.53. The zero-order valence-corrected chi connectivity index (χ0v) is 11.4. The summed E-state index contributed by atoms with van der Waals surface area (Å²) in [6.07, 6.45) is -8.10. The molecule has 11 nitrogen and oxygen atoms in total. The van der Waals surface area contributed by atoms with Crippen LogP contribution in [0.3, 0.4) is 0 Å². The molecule has 5 atom stereocenters. The first-order valence-electron chi connectivity index (χ1n) is 6.16. The summed E-state index contributed by atoms with van der Waals surface area (Å²) < 4.78 is 0. The van der Waals surface area contributed by atoms with Crippen LogP contribution < -0.4 is 5.32 Å². The van der Waals surface area contributed by atoms with Gasteiger partial charge in [0.15, 0.2) is 0 Å². The molecule has 8 N–H and O–H groups in total. The number of aliphatic carboxylic acids is 1. The van der Waals surface area contributed by atoms with Crippen molar-refractivity contribution in [3.63, 3.8) is 0 Å². The van der Waals surface area contributed by atoms with Crippen LogP contribution in [0.5, 0.6) is 0 Å². The molecule has 0 aliphatic carbocycles. The van der Waals surface area contributed by atoms with Crippen LogP contribution in [0.1, 0.15) is 6.42 Å². The summed E-state index contributed by atoms with van der Waals surface area (Å²) in [6, 6.07) is -1.97. The molecule has 0 rings (SSSR count). The number of aliphatic hydroxyl groups excluding tert-OH is 6. The predicted molar refractivity (Wildman–Crippen MR) is 67.4 cm³/mol. The van der Waals surface area contributed by atoms with Gasteiger partial charge in [0.2, 0.25) is 5.91 Å². The van der Waals surface area contributed by atoms with Gasteiger partial charge in [-0.05, 0) is 0 Å². The molecule has 0 spiro atoms. The van der Waals surface area contributed by atoms with Gasteiger partial charge in [0, 0.05) is 6.42 Å². The zero-order chi connectivity index (χ0) is 17.4. The molecule has 128 valence electrons. The lowest BCUT2D eigenvalue weighted by molar-refractivity contribution is -0.152. The Morgan fingerprint density at radius 1 is 0.909 bits per heavy atom. The van der Waals surface area contributed by atoms with Gasteiger partial charge in [-0.3, -0.25) is 9.59 Å². The maximum atomic E-state index is 11.4. The third-order valence-corrected chi connectivity index (χ3v) is 2.80. The highest BCUT2D eigenvalue weighted by Crippen LogP contribution is 2.11. The lowest BCUT2D eigenvalue weighted by atomic mass is 9.96. The van der Waals surface area contributed by atoms with Crippen molar-refractivity contribution >= 4 is 17.7 Å². The molecule has 0 fully saturated rings. The van der Waals surface area contributed by atoms with Crippen molar-refractivity contribution in [1.29, 1.82) is 0 Å². The van der Waals surface area contributed by atoms with E-state index in [2.05, 4.69) is 0 Å². The number of Topliss-reactive ketones (excluding diaryl/α,β-unsaturated/α-hetero) is 1. The summed E-state index contributed by atoms with van der Waals surface area (Å²) in [4.78, 5) is 33.0. The zero-order valence-electron chi connectivity index (χ0n) is 11.4. The van der Waals surface area contributed by atoms with Gasteiger partial charge in [0.25, 0.3) is 5.78 Å². The summed E-state index contributed by atoms with van der Waals surface area (Å²) in [7, 11) is 0. The van der Waals surface area contributed by atoms with Crippen LogP contribution in [0, 0.1) is 0 Å². The van der Waals surface area contributed by atoms with Crippen molar-refractivity contribution < 1.29 is 50.1 Å². The summed E-state index contributed by atoms with van der Waals surface area (Å²) in [5.41, 5.74) is 0. The Morgan fingerprint density at radius 3 is 1.86 bits per heavy atom. The second kappa shape index (κ2) is 9.40. The molecule has 0 saturated heterocycles. The minimum atomic E-state index is -1.97. The van der Waals surface area contributed by atoms with E-state index in [0.717, 1.165) is 0 Å². The first-order chi connectivity index (χ1) is 10.1. The number of carbonyl (C=O) groups excluding carboxylic acids is 2. The van der Waals surface area contributed by atoms with Crippen LogP contribution >= 0.6 is 0 Å². The van der Waals surface area contributed by atoms with Gasteiger partial charge in [-0.2, -0.15) is 0 Å². The molecule has 0 heterocycles. The Balaban J connectivity index is 4.96. The standard InChI is InChI=1S/C11H19NO10/c13-2-6(17)9(19)5(16)1-4(15)8(10(20)11(21)22)12-7(18)3-14/h4-6,8-9,13-17,19H,1-3H2,(H,12,18)(H,21,22)/t4-,5+,6+,8+,9-/m0/s1. The maximum Gasteiger partial charge on any atom is 0.374 e. The van der Waals surface area contributed by atoms with E-state index in [4.69, 9.17) is 20.4 Å². The molecule has 0 aromatic carbocycles. The summed E-state index contributed by atoms with van der Waals surface area (Å²) in [6.45, 7) is -1.95. The van der Waals surface area contributed by atoms with Gasteiger partial charge in [0.1, 0.15) is 24.9 Å². The number of carboxylic acid groups (broad SMARTS) is 1. The minimum Gasteiger partial charge on any atom is -0.475 e. The Kier molecular flexibility index (Phi) is 8.70. The van der Waals surface area contributed by atoms with Crippen LogP contribution in [0.15, 0.2) is 0 Å². The Bertz CT molecular complexity index is 400. The molecule has 0 aliphatic rings. The molecule has 0 aromatic rings. The largest absolute Gasteiger partial charge is 0.475 e. The first kappa shape index (κ1) is 20.4. The maximum absolute atomic E-state index is 11.4. The lowest BCUT2D eigenvalue weighted by Gasteiger charge is -2.26. The third kappa shape index (κ3) is 6.01. The van der Waals surface area contributed by atoms with Crippen LogP contribution in [0.2, 0.25) is 0 Å². The van der Waals surface area contributed by atoms with E-state index in [9.17, 15) is 29.7 Å². The molecule has 0 aromatic heterocycles. The summed E-state index contributed by atoms with van der Waals surface area (Å²) in [5, 5.41) is 65.3. The highest BCUT2D eigenvalue weighted by atomic mass is 16.4. The summed E-state index contributed by atoms with van der Waals surface area (Å²) in [5.74, 6) is -4.70. The number of rotatable bonds is 10. The number of amides is 1. The molecule has 0 bridgehead atoms. The van der Waals surface area contributed by atoms with E-state index >= 15 is 0 Å². The molecule has 11 heteroatoms. The van der Waals surface area contributed by atoms with E-state index < -0.39 is 67.8 Å². The molecular formula is C11H19NO10. The number of nitrogens with one attached hydrogen (secondary N) is 1. The van der Waals surface area contributed by atoms with Gasteiger partial charge < -0.3 is 41.1 Å². The van der Waals surface area contributed by atoms with Crippen LogP contribution in [0.25, 0.3) is 0 Å². The van der Waals surface area contributed by atoms with Gasteiger partial charge in [0.05, 0.1) is 18.8 Å². The van der Waals surface area contributed by atoms with Gasteiger partial charge in [-0.15, -0.1) is 0 Å². The molecule has 0 unspecified atom stereocenters. The van der Waals surface area contributed by atoms with Gasteiger partial charge in [-0.1, -0.05) is 0 Å². The molecule has 0 aliphatic heterocycles. The average molecular weight is 325 g/mol. The SMILES string of the molecule is O=C(CO)N[C@@H](C(=O)C(=O)O)[C@@H](O)C[C@@H](O)[C@H](O)[C@H](O)CO. The molecule has 0 radical (unpaired) electrons. The van der Waals surface area contributed by atoms with Crippen LogP contribution in [0.4, 0.5) is 0 Å². The second-order valence-corrected chi connectivity index (χ2v) is 4.48. The Labute approximate surface area is 124 Å².